The average molecular weight is 255 g/mol. The van der Waals surface area contributed by atoms with Gasteiger partial charge in [-0.15, -0.1) is 0 Å². The zero-order valence-corrected chi connectivity index (χ0v) is 10.9. The number of aromatic nitrogens is 2. The monoisotopic (exact) mass is 255 g/mol. The summed E-state index contributed by atoms with van der Waals surface area (Å²) < 4.78 is 5.10. The molecule has 1 heterocycles. The summed E-state index contributed by atoms with van der Waals surface area (Å²) in [4.78, 5) is 8.26. The first-order chi connectivity index (χ1) is 9.28. The zero-order chi connectivity index (χ0) is 13.2. The van der Waals surface area contributed by atoms with Crippen LogP contribution in [0.25, 0.3) is 0 Å². The van der Waals surface area contributed by atoms with E-state index in [9.17, 15) is 0 Å². The van der Waals surface area contributed by atoms with Crippen molar-refractivity contribution in [1.82, 2.24) is 9.97 Å². The highest BCUT2D eigenvalue weighted by molar-refractivity contribution is 5.41. The van der Waals surface area contributed by atoms with Crippen LogP contribution in [0.4, 0.5) is 0 Å². The molecule has 0 aliphatic heterocycles. The lowest BCUT2D eigenvalue weighted by atomic mass is 9.73. The van der Waals surface area contributed by atoms with Gasteiger partial charge in [0.15, 0.2) is 0 Å². The van der Waals surface area contributed by atoms with Gasteiger partial charge >= 0.3 is 0 Å². The third-order valence-corrected chi connectivity index (χ3v) is 3.76. The SMILES string of the molecule is COc1cc(CC(N)C2Cc3ccccc32)ncn1. The molecule has 1 aromatic heterocycles. The molecular formula is C15H17N3O. The second kappa shape index (κ2) is 4.97. The molecule has 3 rings (SSSR count). The minimum absolute atomic E-state index is 0.0921. The molecule has 2 atom stereocenters. The highest BCUT2D eigenvalue weighted by Crippen LogP contribution is 2.37. The first kappa shape index (κ1) is 12.1. The van der Waals surface area contributed by atoms with Crippen LogP contribution < -0.4 is 10.5 Å². The quantitative estimate of drug-likeness (QED) is 0.903. The molecular weight excluding hydrogens is 238 g/mol. The highest BCUT2D eigenvalue weighted by Gasteiger charge is 2.30. The van der Waals surface area contributed by atoms with Gasteiger partial charge in [0.2, 0.25) is 5.88 Å². The number of nitrogens with zero attached hydrogens (tertiary/aromatic N) is 2. The normalized spacial score (nSPS) is 18.3. The molecule has 2 unspecified atom stereocenters. The Balaban J connectivity index is 1.71. The first-order valence-corrected chi connectivity index (χ1v) is 6.46. The lowest BCUT2D eigenvalue weighted by Gasteiger charge is -2.34. The van der Waals surface area contributed by atoms with Gasteiger partial charge in [-0.25, -0.2) is 9.97 Å². The summed E-state index contributed by atoms with van der Waals surface area (Å²) in [6.45, 7) is 0. The van der Waals surface area contributed by atoms with Crippen LogP contribution in [0.2, 0.25) is 0 Å². The van der Waals surface area contributed by atoms with Crippen molar-refractivity contribution in [2.45, 2.75) is 24.8 Å². The number of nitrogens with two attached hydrogens (primary N) is 1. The number of ether oxygens (including phenoxy) is 1. The zero-order valence-electron chi connectivity index (χ0n) is 10.9. The van der Waals surface area contributed by atoms with E-state index in [1.165, 1.54) is 17.5 Å². The largest absolute Gasteiger partial charge is 0.481 e. The topological polar surface area (TPSA) is 61.0 Å². The molecule has 1 aliphatic carbocycles. The maximum Gasteiger partial charge on any atom is 0.216 e. The van der Waals surface area contributed by atoms with Gasteiger partial charge in [-0.2, -0.15) is 0 Å². The Morgan fingerprint density at radius 2 is 2.21 bits per heavy atom. The summed E-state index contributed by atoms with van der Waals surface area (Å²) in [5.41, 5.74) is 10.1. The van der Waals surface area contributed by atoms with Gasteiger partial charge in [0.1, 0.15) is 6.33 Å². The van der Waals surface area contributed by atoms with Gasteiger partial charge in [-0.1, -0.05) is 24.3 Å². The number of methoxy groups -OCH3 is 1. The summed E-state index contributed by atoms with van der Waals surface area (Å²) in [5.74, 6) is 1.03. The fraction of sp³-hybridized carbons (Fsp3) is 0.333. The number of hydrogen-bond acceptors (Lipinski definition) is 4. The predicted octanol–water partition coefficient (Wildman–Crippen LogP) is 1.69. The van der Waals surface area contributed by atoms with Crippen molar-refractivity contribution in [3.63, 3.8) is 0 Å². The number of hydrogen-bond donors (Lipinski definition) is 1. The van der Waals surface area contributed by atoms with E-state index in [4.69, 9.17) is 10.5 Å². The second-order valence-corrected chi connectivity index (χ2v) is 4.93. The van der Waals surface area contributed by atoms with Crippen LogP contribution in [0.3, 0.4) is 0 Å². The number of benzene rings is 1. The van der Waals surface area contributed by atoms with Gasteiger partial charge in [0.05, 0.1) is 7.11 Å². The van der Waals surface area contributed by atoms with Crippen molar-refractivity contribution >= 4 is 0 Å². The summed E-state index contributed by atoms with van der Waals surface area (Å²) in [6, 6.07) is 10.4. The molecule has 0 radical (unpaired) electrons. The van der Waals surface area contributed by atoms with Crippen LogP contribution in [0.15, 0.2) is 36.7 Å². The minimum Gasteiger partial charge on any atom is -0.481 e. The molecule has 19 heavy (non-hydrogen) atoms. The fourth-order valence-electron chi connectivity index (χ4n) is 2.66. The standard InChI is InChI=1S/C15H17N3O/c1-19-15-8-11(17-9-18-15)7-14(16)13-6-10-4-2-3-5-12(10)13/h2-5,8-9,13-14H,6-7,16H2,1H3. The minimum atomic E-state index is 0.0921. The van der Waals surface area contributed by atoms with Crippen molar-refractivity contribution in [3.8, 4) is 5.88 Å². The van der Waals surface area contributed by atoms with Crippen molar-refractivity contribution < 1.29 is 4.74 Å². The van der Waals surface area contributed by atoms with Crippen LogP contribution in [-0.2, 0) is 12.8 Å². The summed E-state index contributed by atoms with van der Waals surface area (Å²) in [6.07, 6.45) is 3.34. The lowest BCUT2D eigenvalue weighted by Crippen LogP contribution is -2.37. The number of fused-ring (bicyclic) bond motifs is 1. The Labute approximate surface area is 112 Å². The molecule has 4 nitrogen and oxygen atoms in total. The molecule has 2 aromatic rings. The van der Waals surface area contributed by atoms with Gasteiger partial charge < -0.3 is 10.5 Å². The van der Waals surface area contributed by atoms with E-state index in [2.05, 4.69) is 34.2 Å². The molecule has 0 bridgehead atoms. The Morgan fingerprint density at radius 1 is 1.37 bits per heavy atom. The van der Waals surface area contributed by atoms with Gasteiger partial charge in [0.25, 0.3) is 0 Å². The van der Waals surface area contributed by atoms with Crippen molar-refractivity contribution in [2.24, 2.45) is 5.73 Å². The molecule has 0 spiro atoms. The molecule has 1 aliphatic rings. The summed E-state index contributed by atoms with van der Waals surface area (Å²) in [5, 5.41) is 0. The Hall–Kier alpha value is -1.94. The highest BCUT2D eigenvalue weighted by atomic mass is 16.5. The van der Waals surface area contributed by atoms with Gasteiger partial charge in [-0.05, 0) is 17.5 Å². The van der Waals surface area contributed by atoms with E-state index in [0.717, 1.165) is 18.5 Å². The molecule has 0 amide bonds. The van der Waals surface area contributed by atoms with Crippen LogP contribution in [0.1, 0.15) is 22.7 Å². The van der Waals surface area contributed by atoms with E-state index >= 15 is 0 Å². The fourth-order valence-corrected chi connectivity index (χ4v) is 2.66. The third kappa shape index (κ3) is 2.31. The van der Waals surface area contributed by atoms with Crippen molar-refractivity contribution in [2.75, 3.05) is 7.11 Å². The maximum absolute atomic E-state index is 6.32. The summed E-state index contributed by atoms with van der Waals surface area (Å²) in [7, 11) is 1.61. The van der Waals surface area contributed by atoms with E-state index < -0.39 is 0 Å². The Kier molecular flexibility index (Phi) is 3.17. The molecule has 98 valence electrons. The third-order valence-electron chi connectivity index (χ3n) is 3.76. The predicted molar refractivity (Wildman–Crippen MR) is 73.2 cm³/mol. The van der Waals surface area contributed by atoms with Gasteiger partial charge in [-0.3, -0.25) is 0 Å². The second-order valence-electron chi connectivity index (χ2n) is 4.93. The summed E-state index contributed by atoms with van der Waals surface area (Å²) >= 11 is 0. The Bertz CT molecular complexity index is 585. The smallest absolute Gasteiger partial charge is 0.216 e. The molecule has 4 heteroatoms. The van der Waals surface area contributed by atoms with E-state index in [0.29, 0.717) is 11.8 Å². The van der Waals surface area contributed by atoms with Crippen LogP contribution in [0.5, 0.6) is 5.88 Å². The lowest BCUT2D eigenvalue weighted by molar-refractivity contribution is 0.394. The maximum atomic E-state index is 6.32. The molecule has 0 saturated heterocycles. The first-order valence-electron chi connectivity index (χ1n) is 6.46. The molecule has 0 fully saturated rings. The van der Waals surface area contributed by atoms with E-state index in [1.807, 2.05) is 6.07 Å². The van der Waals surface area contributed by atoms with E-state index in [1.54, 1.807) is 7.11 Å². The average Bonchev–Trinajstić information content (AvgIpc) is 2.40. The van der Waals surface area contributed by atoms with E-state index in [-0.39, 0.29) is 6.04 Å². The molecule has 2 N–H and O–H groups in total. The molecule has 1 aromatic carbocycles. The number of rotatable bonds is 4. The van der Waals surface area contributed by atoms with Gasteiger partial charge in [0, 0.05) is 30.1 Å². The van der Waals surface area contributed by atoms with Crippen molar-refractivity contribution in [3.05, 3.63) is 53.5 Å². The van der Waals surface area contributed by atoms with Crippen molar-refractivity contribution in [1.29, 1.82) is 0 Å². The Morgan fingerprint density at radius 3 is 3.00 bits per heavy atom. The van der Waals surface area contributed by atoms with Crippen LogP contribution >= 0.6 is 0 Å². The van der Waals surface area contributed by atoms with Crippen LogP contribution in [0, 0.1) is 0 Å². The van der Waals surface area contributed by atoms with Crippen LogP contribution in [-0.4, -0.2) is 23.1 Å². The molecule has 0 saturated carbocycles.